The molecule has 0 fully saturated rings. The van der Waals surface area contributed by atoms with Crippen molar-refractivity contribution in [3.63, 3.8) is 0 Å². The zero-order chi connectivity index (χ0) is 30.6. The first kappa shape index (κ1) is 26.1. The molecule has 0 saturated heterocycles. The van der Waals surface area contributed by atoms with Crippen molar-refractivity contribution in [3.8, 4) is 39.7 Å². The number of hydrogen-bond donors (Lipinski definition) is 0. The second kappa shape index (κ2) is 10.4. The van der Waals surface area contributed by atoms with E-state index in [-0.39, 0.29) is 0 Å². The molecule has 0 N–H and O–H groups in total. The minimum atomic E-state index is 0.650. The average Bonchev–Trinajstić information content (AvgIpc) is 3.64. The first-order valence-corrected chi connectivity index (χ1v) is 15.5. The van der Waals surface area contributed by atoms with Crippen molar-refractivity contribution in [2.24, 2.45) is 0 Å². The topological polar surface area (TPSA) is 33.6 Å². The molecule has 0 saturated carbocycles. The van der Waals surface area contributed by atoms with Gasteiger partial charge in [0.05, 0.1) is 39.4 Å². The Balaban J connectivity index is 1.36. The molecule has 2 aromatic heterocycles. The standard InChI is InChI=1S/C43H27N3/c44-28-29-13-1-2-14-31(29)38-27-30(45-39-20-8-4-16-34(39)35-17-5-9-21-40(35)45)25-26-32(38)33-15-3-10-22-41(33)46-42-23-11-6-18-36(42)37-19-7-12-24-43(37)46/h1-27H. The van der Waals surface area contributed by atoms with Crippen LogP contribution in [0, 0.1) is 11.3 Å². The third-order valence-electron chi connectivity index (χ3n) is 9.19. The molecule has 7 aromatic carbocycles. The first-order valence-electron chi connectivity index (χ1n) is 15.5. The molecule has 3 nitrogen and oxygen atoms in total. The summed E-state index contributed by atoms with van der Waals surface area (Å²) in [7, 11) is 0. The van der Waals surface area contributed by atoms with Crippen LogP contribution in [-0.4, -0.2) is 9.13 Å². The summed E-state index contributed by atoms with van der Waals surface area (Å²) in [5.41, 5.74) is 11.5. The van der Waals surface area contributed by atoms with Crippen molar-refractivity contribution in [1.29, 1.82) is 5.26 Å². The Kier molecular flexibility index (Phi) is 5.88. The van der Waals surface area contributed by atoms with Crippen LogP contribution in [0.2, 0.25) is 0 Å². The van der Waals surface area contributed by atoms with Gasteiger partial charge in [-0.1, -0.05) is 115 Å². The summed E-state index contributed by atoms with van der Waals surface area (Å²) < 4.78 is 4.71. The summed E-state index contributed by atoms with van der Waals surface area (Å²) in [4.78, 5) is 0. The van der Waals surface area contributed by atoms with Gasteiger partial charge in [-0.25, -0.2) is 0 Å². The van der Waals surface area contributed by atoms with Crippen molar-refractivity contribution in [1.82, 2.24) is 9.13 Å². The third kappa shape index (κ3) is 3.84. The third-order valence-corrected chi connectivity index (χ3v) is 9.19. The Labute approximate surface area is 266 Å². The molecule has 0 aliphatic heterocycles. The van der Waals surface area contributed by atoms with Crippen LogP contribution in [0.3, 0.4) is 0 Å². The smallest absolute Gasteiger partial charge is 0.0998 e. The predicted molar refractivity (Wildman–Crippen MR) is 191 cm³/mol. The molecule has 0 amide bonds. The van der Waals surface area contributed by atoms with Crippen molar-refractivity contribution in [2.45, 2.75) is 0 Å². The van der Waals surface area contributed by atoms with E-state index in [1.54, 1.807) is 0 Å². The van der Waals surface area contributed by atoms with Gasteiger partial charge in [0.2, 0.25) is 0 Å². The van der Waals surface area contributed by atoms with Crippen LogP contribution < -0.4 is 0 Å². The zero-order valence-electron chi connectivity index (χ0n) is 24.9. The summed E-state index contributed by atoms with van der Waals surface area (Å²) in [6.45, 7) is 0. The molecule has 0 unspecified atom stereocenters. The molecule has 0 radical (unpaired) electrons. The molecule has 9 rings (SSSR count). The molecule has 9 aromatic rings. The van der Waals surface area contributed by atoms with Gasteiger partial charge < -0.3 is 9.13 Å². The minimum absolute atomic E-state index is 0.650. The van der Waals surface area contributed by atoms with Crippen LogP contribution in [0.4, 0.5) is 0 Å². The van der Waals surface area contributed by atoms with E-state index in [0.717, 1.165) is 55.7 Å². The van der Waals surface area contributed by atoms with Gasteiger partial charge in [-0.2, -0.15) is 5.26 Å². The van der Waals surface area contributed by atoms with E-state index in [1.807, 2.05) is 18.2 Å². The Morgan fingerprint density at radius 3 is 1.39 bits per heavy atom. The maximum Gasteiger partial charge on any atom is 0.0998 e. The van der Waals surface area contributed by atoms with E-state index >= 15 is 0 Å². The van der Waals surface area contributed by atoms with Crippen LogP contribution in [0.5, 0.6) is 0 Å². The van der Waals surface area contributed by atoms with E-state index in [1.165, 1.54) is 21.5 Å². The quantitative estimate of drug-likeness (QED) is 0.202. The Bertz CT molecular complexity index is 2560. The molecule has 3 heteroatoms. The minimum Gasteiger partial charge on any atom is -0.309 e. The summed E-state index contributed by atoms with van der Waals surface area (Å²) in [6.07, 6.45) is 0. The molecule has 46 heavy (non-hydrogen) atoms. The van der Waals surface area contributed by atoms with Gasteiger partial charge in [0.25, 0.3) is 0 Å². The second-order valence-corrected chi connectivity index (χ2v) is 11.6. The number of nitriles is 1. The summed E-state index contributed by atoms with van der Waals surface area (Å²) >= 11 is 0. The lowest BCUT2D eigenvalue weighted by Crippen LogP contribution is -2.00. The fourth-order valence-corrected chi connectivity index (χ4v) is 7.22. The van der Waals surface area contributed by atoms with Gasteiger partial charge in [0.1, 0.15) is 0 Å². The van der Waals surface area contributed by atoms with Crippen molar-refractivity contribution in [3.05, 3.63) is 169 Å². The number of aromatic nitrogens is 2. The maximum atomic E-state index is 10.3. The van der Waals surface area contributed by atoms with Crippen LogP contribution in [0.1, 0.15) is 5.56 Å². The molecule has 0 aliphatic carbocycles. The molecular formula is C43H27N3. The number of benzene rings is 7. The van der Waals surface area contributed by atoms with E-state index in [2.05, 4.69) is 161 Å². The Hall–Kier alpha value is -6.37. The van der Waals surface area contributed by atoms with Crippen LogP contribution >= 0.6 is 0 Å². The molecule has 214 valence electrons. The van der Waals surface area contributed by atoms with Gasteiger partial charge in [-0.3, -0.25) is 0 Å². The van der Waals surface area contributed by atoms with Gasteiger partial charge >= 0.3 is 0 Å². The van der Waals surface area contributed by atoms with Gasteiger partial charge in [-0.15, -0.1) is 0 Å². The fourth-order valence-electron chi connectivity index (χ4n) is 7.22. The van der Waals surface area contributed by atoms with E-state index in [0.29, 0.717) is 5.56 Å². The lowest BCUT2D eigenvalue weighted by atomic mass is 9.90. The zero-order valence-corrected chi connectivity index (χ0v) is 24.9. The number of hydrogen-bond acceptors (Lipinski definition) is 1. The Morgan fingerprint density at radius 1 is 0.370 bits per heavy atom. The van der Waals surface area contributed by atoms with Crippen molar-refractivity contribution >= 4 is 43.6 Å². The molecule has 0 bridgehead atoms. The van der Waals surface area contributed by atoms with Crippen LogP contribution in [0.15, 0.2) is 164 Å². The fraction of sp³-hybridized carbons (Fsp3) is 0. The number of rotatable bonds is 4. The molecule has 0 atom stereocenters. The van der Waals surface area contributed by atoms with Crippen LogP contribution in [-0.2, 0) is 0 Å². The van der Waals surface area contributed by atoms with E-state index < -0.39 is 0 Å². The van der Waals surface area contributed by atoms with Gasteiger partial charge in [0, 0.05) is 38.4 Å². The predicted octanol–water partition coefficient (Wildman–Crippen LogP) is 11.1. The largest absolute Gasteiger partial charge is 0.309 e. The lowest BCUT2D eigenvalue weighted by Gasteiger charge is -2.19. The molecule has 0 aliphatic rings. The summed E-state index contributed by atoms with van der Waals surface area (Å²) in [6, 6.07) is 60.1. The SMILES string of the molecule is N#Cc1ccccc1-c1cc(-n2c3ccccc3c3ccccc32)ccc1-c1ccccc1-n1c2ccccc2c2ccccc21. The highest BCUT2D eigenvalue weighted by atomic mass is 15.0. The van der Waals surface area contributed by atoms with Crippen molar-refractivity contribution in [2.75, 3.05) is 0 Å². The number of para-hydroxylation sites is 5. The second-order valence-electron chi connectivity index (χ2n) is 11.6. The first-order chi connectivity index (χ1) is 22.8. The van der Waals surface area contributed by atoms with Crippen LogP contribution in [0.25, 0.3) is 77.2 Å². The monoisotopic (exact) mass is 585 g/mol. The molecule has 2 heterocycles. The van der Waals surface area contributed by atoms with Crippen molar-refractivity contribution < 1.29 is 0 Å². The summed E-state index contributed by atoms with van der Waals surface area (Å²) in [5.74, 6) is 0. The average molecular weight is 586 g/mol. The highest BCUT2D eigenvalue weighted by molar-refractivity contribution is 6.11. The lowest BCUT2D eigenvalue weighted by molar-refractivity contribution is 1.17. The highest BCUT2D eigenvalue weighted by Crippen LogP contribution is 2.42. The summed E-state index contributed by atoms with van der Waals surface area (Å²) in [5, 5.41) is 15.2. The van der Waals surface area contributed by atoms with Gasteiger partial charge in [0.15, 0.2) is 0 Å². The molecular weight excluding hydrogens is 558 g/mol. The molecule has 0 spiro atoms. The normalized spacial score (nSPS) is 11.5. The number of fused-ring (bicyclic) bond motifs is 6. The highest BCUT2D eigenvalue weighted by Gasteiger charge is 2.20. The van der Waals surface area contributed by atoms with E-state index in [9.17, 15) is 5.26 Å². The number of nitrogens with zero attached hydrogens (tertiary/aromatic N) is 3. The maximum absolute atomic E-state index is 10.3. The Morgan fingerprint density at radius 2 is 0.826 bits per heavy atom. The van der Waals surface area contributed by atoms with Gasteiger partial charge in [-0.05, 0) is 59.7 Å². The van der Waals surface area contributed by atoms with E-state index in [4.69, 9.17) is 0 Å².